The van der Waals surface area contributed by atoms with Gasteiger partial charge in [-0.15, -0.1) is 0 Å². The molecular formula is C17H29NO4. The molecule has 1 aliphatic carbocycles. The highest BCUT2D eigenvalue weighted by atomic mass is 16.6. The molecule has 0 aromatic rings. The molecule has 1 saturated carbocycles. The normalized spacial score (nSPS) is 26.3. The fourth-order valence-electron chi connectivity index (χ4n) is 3.15. The summed E-state index contributed by atoms with van der Waals surface area (Å²) in [4.78, 5) is 26.1. The van der Waals surface area contributed by atoms with E-state index in [9.17, 15) is 9.59 Å². The molecule has 1 unspecified atom stereocenters. The fraction of sp³-hybridized carbons (Fsp3) is 0.882. The van der Waals surface area contributed by atoms with E-state index in [0.29, 0.717) is 18.9 Å². The first-order chi connectivity index (χ1) is 10.3. The summed E-state index contributed by atoms with van der Waals surface area (Å²) in [5.41, 5.74) is -0.558. The van der Waals surface area contributed by atoms with Gasteiger partial charge in [0, 0.05) is 6.54 Å². The monoisotopic (exact) mass is 311 g/mol. The fourth-order valence-corrected chi connectivity index (χ4v) is 3.15. The van der Waals surface area contributed by atoms with Gasteiger partial charge < -0.3 is 9.47 Å². The van der Waals surface area contributed by atoms with E-state index in [4.69, 9.17) is 9.47 Å². The van der Waals surface area contributed by atoms with Gasteiger partial charge in [-0.05, 0) is 58.3 Å². The molecule has 1 saturated heterocycles. The third-order valence-electron chi connectivity index (χ3n) is 4.47. The summed E-state index contributed by atoms with van der Waals surface area (Å²) in [6, 6.07) is -0.510. The van der Waals surface area contributed by atoms with Crippen LogP contribution >= 0.6 is 0 Å². The number of carbonyl (C=O) groups excluding carboxylic acids is 2. The van der Waals surface area contributed by atoms with Crippen LogP contribution in [0.3, 0.4) is 0 Å². The molecule has 5 heteroatoms. The van der Waals surface area contributed by atoms with Gasteiger partial charge in [0.25, 0.3) is 0 Å². The summed E-state index contributed by atoms with van der Waals surface area (Å²) in [5, 5.41) is 0. The number of esters is 1. The van der Waals surface area contributed by atoms with Crippen LogP contribution in [0.5, 0.6) is 0 Å². The first-order valence-electron chi connectivity index (χ1n) is 8.37. The molecule has 0 aromatic carbocycles. The number of ether oxygens (including phenoxy) is 2. The van der Waals surface area contributed by atoms with Gasteiger partial charge in [0.1, 0.15) is 11.6 Å². The second-order valence-electron chi connectivity index (χ2n) is 7.62. The van der Waals surface area contributed by atoms with Crippen molar-refractivity contribution in [3.05, 3.63) is 0 Å². The van der Waals surface area contributed by atoms with E-state index in [2.05, 4.69) is 0 Å². The second kappa shape index (κ2) is 6.88. The maximum atomic E-state index is 12.4. The zero-order valence-corrected chi connectivity index (χ0v) is 14.3. The molecule has 0 spiro atoms. The smallest absolute Gasteiger partial charge is 0.411 e. The topological polar surface area (TPSA) is 55.8 Å². The number of hydrogen-bond acceptors (Lipinski definition) is 4. The van der Waals surface area contributed by atoms with E-state index in [1.807, 2.05) is 20.8 Å². The van der Waals surface area contributed by atoms with Crippen molar-refractivity contribution in [2.24, 2.45) is 11.8 Å². The van der Waals surface area contributed by atoms with Crippen LogP contribution in [0.2, 0.25) is 0 Å². The first kappa shape index (κ1) is 17.1. The van der Waals surface area contributed by atoms with Gasteiger partial charge in [-0.1, -0.05) is 12.8 Å². The lowest BCUT2D eigenvalue weighted by molar-refractivity contribution is -0.146. The molecule has 22 heavy (non-hydrogen) atoms. The molecule has 0 radical (unpaired) electrons. The van der Waals surface area contributed by atoms with Crippen LogP contribution in [0.1, 0.15) is 59.3 Å². The van der Waals surface area contributed by atoms with Gasteiger partial charge in [0.2, 0.25) is 0 Å². The zero-order valence-electron chi connectivity index (χ0n) is 14.3. The van der Waals surface area contributed by atoms with Gasteiger partial charge in [0.05, 0.1) is 7.11 Å². The summed E-state index contributed by atoms with van der Waals surface area (Å²) in [5.74, 6) is 1.14. The van der Waals surface area contributed by atoms with Gasteiger partial charge in [-0.2, -0.15) is 0 Å². The van der Waals surface area contributed by atoms with E-state index < -0.39 is 17.7 Å². The SMILES string of the molecule is COC(=O)[C@@H]1CCC(CC2CC2)CCN1C(=O)OC(C)(C)C. The van der Waals surface area contributed by atoms with Crippen LogP contribution in [-0.2, 0) is 14.3 Å². The van der Waals surface area contributed by atoms with Crippen molar-refractivity contribution in [2.75, 3.05) is 13.7 Å². The Bertz CT molecular complexity index is 411. The predicted octanol–water partition coefficient (Wildman–Crippen LogP) is 3.37. The van der Waals surface area contributed by atoms with Gasteiger partial charge in [-0.25, -0.2) is 9.59 Å². The summed E-state index contributed by atoms with van der Waals surface area (Å²) in [6.07, 6.45) is 6.10. The highest BCUT2D eigenvalue weighted by Crippen LogP contribution is 2.39. The van der Waals surface area contributed by atoms with Crippen molar-refractivity contribution in [1.82, 2.24) is 4.90 Å². The van der Waals surface area contributed by atoms with Gasteiger partial charge in [0.15, 0.2) is 0 Å². The zero-order chi connectivity index (χ0) is 16.3. The van der Waals surface area contributed by atoms with Crippen LogP contribution < -0.4 is 0 Å². The van der Waals surface area contributed by atoms with Crippen LogP contribution in [0.15, 0.2) is 0 Å². The van der Waals surface area contributed by atoms with E-state index in [0.717, 1.165) is 18.8 Å². The number of hydrogen-bond donors (Lipinski definition) is 0. The molecule has 126 valence electrons. The molecule has 2 rings (SSSR count). The van der Waals surface area contributed by atoms with Crippen LogP contribution in [0.25, 0.3) is 0 Å². The van der Waals surface area contributed by atoms with E-state index in [1.165, 1.54) is 26.4 Å². The minimum Gasteiger partial charge on any atom is -0.467 e. The summed E-state index contributed by atoms with van der Waals surface area (Å²) >= 11 is 0. The van der Waals surface area contributed by atoms with Crippen molar-refractivity contribution in [2.45, 2.75) is 70.9 Å². The minimum atomic E-state index is -0.558. The highest BCUT2D eigenvalue weighted by molar-refractivity contribution is 5.81. The Hall–Kier alpha value is -1.26. The lowest BCUT2D eigenvalue weighted by atomic mass is 9.93. The molecule has 0 N–H and O–H groups in total. The molecule has 2 aliphatic rings. The third kappa shape index (κ3) is 4.89. The Morgan fingerprint density at radius 3 is 2.18 bits per heavy atom. The molecule has 5 nitrogen and oxygen atoms in total. The second-order valence-corrected chi connectivity index (χ2v) is 7.62. The Morgan fingerprint density at radius 1 is 1.05 bits per heavy atom. The average molecular weight is 311 g/mol. The lowest BCUT2D eigenvalue weighted by Gasteiger charge is -2.30. The van der Waals surface area contributed by atoms with Crippen LogP contribution in [0.4, 0.5) is 4.79 Å². The molecule has 2 fully saturated rings. The first-order valence-corrected chi connectivity index (χ1v) is 8.37. The summed E-state index contributed by atoms with van der Waals surface area (Å²) < 4.78 is 10.4. The lowest BCUT2D eigenvalue weighted by Crippen LogP contribution is -2.47. The standard InChI is InChI=1S/C17H29NO4/c1-17(2,3)22-16(20)18-10-9-13(11-12-5-6-12)7-8-14(18)15(19)21-4/h12-14H,5-11H2,1-4H3/t13?,14-/m0/s1. The Morgan fingerprint density at radius 2 is 1.64 bits per heavy atom. The number of amides is 1. The van der Waals surface area contributed by atoms with E-state index >= 15 is 0 Å². The van der Waals surface area contributed by atoms with Crippen LogP contribution in [0, 0.1) is 11.8 Å². The molecular weight excluding hydrogens is 282 g/mol. The Labute approximate surface area is 133 Å². The molecule has 0 bridgehead atoms. The number of nitrogens with zero attached hydrogens (tertiary/aromatic N) is 1. The Kier molecular flexibility index (Phi) is 5.35. The number of rotatable bonds is 3. The van der Waals surface area contributed by atoms with Crippen molar-refractivity contribution >= 4 is 12.1 Å². The van der Waals surface area contributed by atoms with Crippen molar-refractivity contribution in [3.8, 4) is 0 Å². The number of likely N-dealkylation sites (tertiary alicyclic amines) is 1. The largest absolute Gasteiger partial charge is 0.467 e. The van der Waals surface area contributed by atoms with Crippen molar-refractivity contribution in [1.29, 1.82) is 0 Å². The molecule has 1 amide bonds. The third-order valence-corrected chi connectivity index (χ3v) is 4.47. The summed E-state index contributed by atoms with van der Waals surface area (Å²) in [7, 11) is 1.38. The molecule has 1 heterocycles. The Balaban J connectivity index is 2.04. The number of carbonyl (C=O) groups is 2. The number of methoxy groups -OCH3 is 1. The highest BCUT2D eigenvalue weighted by Gasteiger charge is 2.37. The maximum Gasteiger partial charge on any atom is 0.411 e. The predicted molar refractivity (Wildman–Crippen MR) is 83.4 cm³/mol. The molecule has 2 atom stereocenters. The maximum absolute atomic E-state index is 12.4. The average Bonchev–Trinajstić information content (AvgIpc) is 3.23. The molecule has 1 aliphatic heterocycles. The van der Waals surface area contributed by atoms with Crippen molar-refractivity contribution in [3.63, 3.8) is 0 Å². The van der Waals surface area contributed by atoms with Crippen LogP contribution in [-0.4, -0.2) is 42.3 Å². The summed E-state index contributed by atoms with van der Waals surface area (Å²) in [6.45, 7) is 6.09. The van der Waals surface area contributed by atoms with Gasteiger partial charge in [-0.3, -0.25) is 4.90 Å². The minimum absolute atomic E-state index is 0.335. The quantitative estimate of drug-likeness (QED) is 0.750. The molecule has 0 aromatic heterocycles. The van der Waals surface area contributed by atoms with Gasteiger partial charge >= 0.3 is 12.1 Å². The van der Waals surface area contributed by atoms with E-state index in [1.54, 1.807) is 4.90 Å². The van der Waals surface area contributed by atoms with E-state index in [-0.39, 0.29) is 5.97 Å². The van der Waals surface area contributed by atoms with Crippen molar-refractivity contribution < 1.29 is 19.1 Å².